The highest BCUT2D eigenvalue weighted by atomic mass is 79.9. The second-order valence-electron chi connectivity index (χ2n) is 4.12. The van der Waals surface area contributed by atoms with E-state index in [-0.39, 0.29) is 5.37 Å². The Morgan fingerprint density at radius 1 is 1.67 bits per heavy atom. The standard InChI is InChI=1S/C12H14BrNO3S/c1-7-2-3-10(8(13)4-7)17-5-11-14-9(6-18-11)12(15)16/h2-4,9,11,14H,5-6H2,1H3,(H,15,16). The second-order valence-corrected chi connectivity index (χ2v) is 6.21. The van der Waals surface area contributed by atoms with Gasteiger partial charge < -0.3 is 9.84 Å². The third kappa shape index (κ3) is 3.40. The predicted molar refractivity (Wildman–Crippen MR) is 75.2 cm³/mol. The lowest BCUT2D eigenvalue weighted by Crippen LogP contribution is -2.38. The molecule has 0 aliphatic carbocycles. The average molecular weight is 332 g/mol. The topological polar surface area (TPSA) is 58.6 Å². The largest absolute Gasteiger partial charge is 0.490 e. The molecular formula is C12H14BrNO3S. The Bertz CT molecular complexity index is 455. The molecule has 0 bridgehead atoms. The van der Waals surface area contributed by atoms with E-state index in [9.17, 15) is 4.79 Å². The number of thioether (sulfide) groups is 1. The van der Waals surface area contributed by atoms with E-state index in [1.807, 2.05) is 25.1 Å². The minimum Gasteiger partial charge on any atom is -0.490 e. The number of aliphatic carboxylic acids is 1. The molecule has 1 aromatic rings. The molecule has 1 aliphatic heterocycles. The van der Waals surface area contributed by atoms with Crippen LogP contribution in [0.25, 0.3) is 0 Å². The minimum absolute atomic E-state index is 0.0271. The van der Waals surface area contributed by atoms with Crippen molar-refractivity contribution in [2.24, 2.45) is 0 Å². The Hall–Kier alpha value is -0.720. The first-order valence-corrected chi connectivity index (χ1v) is 7.40. The Morgan fingerprint density at radius 2 is 2.44 bits per heavy atom. The summed E-state index contributed by atoms with van der Waals surface area (Å²) in [6.45, 7) is 2.47. The van der Waals surface area contributed by atoms with E-state index in [2.05, 4.69) is 21.2 Å². The molecule has 1 saturated heterocycles. The van der Waals surface area contributed by atoms with Crippen molar-refractivity contribution in [3.8, 4) is 5.75 Å². The molecule has 1 aromatic carbocycles. The zero-order valence-electron chi connectivity index (χ0n) is 9.85. The van der Waals surface area contributed by atoms with Crippen LogP contribution in [-0.4, -0.2) is 34.9 Å². The van der Waals surface area contributed by atoms with E-state index >= 15 is 0 Å². The summed E-state index contributed by atoms with van der Waals surface area (Å²) in [4.78, 5) is 10.8. The van der Waals surface area contributed by atoms with Crippen molar-refractivity contribution in [3.63, 3.8) is 0 Å². The molecule has 1 heterocycles. The van der Waals surface area contributed by atoms with E-state index in [0.717, 1.165) is 15.8 Å². The van der Waals surface area contributed by atoms with E-state index in [4.69, 9.17) is 9.84 Å². The summed E-state index contributed by atoms with van der Waals surface area (Å²) < 4.78 is 6.60. The first kappa shape index (κ1) is 13.7. The van der Waals surface area contributed by atoms with Gasteiger partial charge in [0.05, 0.1) is 9.85 Å². The third-order valence-corrected chi connectivity index (χ3v) is 4.45. The van der Waals surface area contributed by atoms with Crippen molar-refractivity contribution in [1.82, 2.24) is 5.32 Å². The van der Waals surface area contributed by atoms with E-state index in [1.165, 1.54) is 0 Å². The van der Waals surface area contributed by atoms with Gasteiger partial charge in [-0.1, -0.05) is 6.07 Å². The molecule has 1 fully saturated rings. The van der Waals surface area contributed by atoms with E-state index in [0.29, 0.717) is 12.4 Å². The molecule has 2 unspecified atom stereocenters. The monoisotopic (exact) mass is 331 g/mol. The van der Waals surface area contributed by atoms with Gasteiger partial charge in [0, 0.05) is 5.75 Å². The fraction of sp³-hybridized carbons (Fsp3) is 0.417. The molecule has 1 aliphatic rings. The third-order valence-electron chi connectivity index (χ3n) is 2.63. The molecule has 0 saturated carbocycles. The number of carbonyl (C=O) groups is 1. The maximum atomic E-state index is 10.8. The van der Waals surface area contributed by atoms with Crippen LogP contribution in [0.2, 0.25) is 0 Å². The highest BCUT2D eigenvalue weighted by Crippen LogP contribution is 2.27. The number of hydrogen-bond acceptors (Lipinski definition) is 4. The van der Waals surface area contributed by atoms with Gasteiger partial charge in [-0.15, -0.1) is 11.8 Å². The molecule has 18 heavy (non-hydrogen) atoms. The van der Waals surface area contributed by atoms with Crippen molar-refractivity contribution in [2.75, 3.05) is 12.4 Å². The molecule has 98 valence electrons. The maximum Gasteiger partial charge on any atom is 0.321 e. The molecular weight excluding hydrogens is 318 g/mol. The van der Waals surface area contributed by atoms with Crippen molar-refractivity contribution in [1.29, 1.82) is 0 Å². The van der Waals surface area contributed by atoms with E-state index in [1.54, 1.807) is 11.8 Å². The Balaban J connectivity index is 1.87. The van der Waals surface area contributed by atoms with Gasteiger partial charge in [-0.2, -0.15) is 0 Å². The minimum atomic E-state index is -0.804. The van der Waals surface area contributed by atoms with Gasteiger partial charge in [0.2, 0.25) is 0 Å². The Labute approximate surface area is 118 Å². The number of carboxylic acid groups (broad SMARTS) is 1. The number of hydrogen-bond donors (Lipinski definition) is 2. The molecule has 2 rings (SSSR count). The number of ether oxygens (including phenoxy) is 1. The number of benzene rings is 1. The lowest BCUT2D eigenvalue weighted by Gasteiger charge is -2.13. The maximum absolute atomic E-state index is 10.8. The molecule has 2 N–H and O–H groups in total. The van der Waals surface area contributed by atoms with Crippen LogP contribution in [0.1, 0.15) is 5.56 Å². The summed E-state index contributed by atoms with van der Waals surface area (Å²) in [5.41, 5.74) is 1.16. The zero-order chi connectivity index (χ0) is 13.1. The van der Waals surface area contributed by atoms with Gasteiger partial charge >= 0.3 is 5.97 Å². The Kier molecular flexibility index (Phi) is 4.53. The number of nitrogens with one attached hydrogen (secondary N) is 1. The van der Waals surface area contributed by atoms with Crippen LogP contribution in [0, 0.1) is 6.92 Å². The Morgan fingerprint density at radius 3 is 3.06 bits per heavy atom. The van der Waals surface area contributed by atoms with E-state index < -0.39 is 12.0 Å². The van der Waals surface area contributed by atoms with Crippen molar-refractivity contribution in [2.45, 2.75) is 18.3 Å². The fourth-order valence-electron chi connectivity index (χ4n) is 1.66. The molecule has 2 atom stereocenters. The molecule has 0 amide bonds. The van der Waals surface area contributed by atoms with Crippen LogP contribution >= 0.6 is 27.7 Å². The number of halogens is 1. The smallest absolute Gasteiger partial charge is 0.321 e. The van der Waals surface area contributed by atoms with Gasteiger partial charge in [-0.25, -0.2) is 0 Å². The van der Waals surface area contributed by atoms with Crippen LogP contribution in [0.4, 0.5) is 0 Å². The molecule has 0 radical (unpaired) electrons. The summed E-state index contributed by atoms with van der Waals surface area (Å²) in [5.74, 6) is 0.557. The first-order chi connectivity index (χ1) is 8.56. The van der Waals surface area contributed by atoms with Crippen LogP contribution in [0.15, 0.2) is 22.7 Å². The number of carboxylic acids is 1. The lowest BCUT2D eigenvalue weighted by molar-refractivity contribution is -0.138. The predicted octanol–water partition coefficient (Wildman–Crippen LogP) is 2.25. The van der Waals surface area contributed by atoms with Crippen LogP contribution in [0.5, 0.6) is 5.75 Å². The molecule has 0 aromatic heterocycles. The summed E-state index contributed by atoms with van der Waals surface area (Å²) in [7, 11) is 0. The van der Waals surface area contributed by atoms with Gasteiger partial charge in [0.1, 0.15) is 18.4 Å². The van der Waals surface area contributed by atoms with Crippen molar-refractivity contribution < 1.29 is 14.6 Å². The van der Waals surface area contributed by atoms with Gasteiger partial charge in [0.15, 0.2) is 0 Å². The molecule has 4 nitrogen and oxygen atoms in total. The van der Waals surface area contributed by atoms with Crippen LogP contribution in [-0.2, 0) is 4.79 Å². The zero-order valence-corrected chi connectivity index (χ0v) is 12.3. The van der Waals surface area contributed by atoms with Crippen LogP contribution < -0.4 is 10.1 Å². The van der Waals surface area contributed by atoms with Crippen molar-refractivity contribution in [3.05, 3.63) is 28.2 Å². The molecule has 0 spiro atoms. The SMILES string of the molecule is Cc1ccc(OCC2NC(C(=O)O)CS2)c(Br)c1. The van der Waals surface area contributed by atoms with Crippen molar-refractivity contribution >= 4 is 33.7 Å². The highest BCUT2D eigenvalue weighted by Gasteiger charge is 2.29. The number of rotatable bonds is 4. The van der Waals surface area contributed by atoms with Gasteiger partial charge in [0.25, 0.3) is 0 Å². The highest BCUT2D eigenvalue weighted by molar-refractivity contribution is 9.10. The average Bonchev–Trinajstić information content (AvgIpc) is 2.76. The van der Waals surface area contributed by atoms with Crippen LogP contribution in [0.3, 0.4) is 0 Å². The fourth-order valence-corrected chi connectivity index (χ4v) is 3.36. The summed E-state index contributed by atoms with van der Waals surface area (Å²) in [5, 5.41) is 11.9. The van der Waals surface area contributed by atoms with Gasteiger partial charge in [-0.05, 0) is 40.5 Å². The summed E-state index contributed by atoms with van der Waals surface area (Å²) >= 11 is 5.02. The first-order valence-electron chi connectivity index (χ1n) is 5.55. The quantitative estimate of drug-likeness (QED) is 0.886. The second kappa shape index (κ2) is 5.95. The molecule has 6 heteroatoms. The summed E-state index contributed by atoms with van der Waals surface area (Å²) in [6, 6.07) is 5.42. The lowest BCUT2D eigenvalue weighted by atomic mass is 10.2. The summed E-state index contributed by atoms with van der Waals surface area (Å²) in [6.07, 6.45) is 0. The van der Waals surface area contributed by atoms with Gasteiger partial charge in [-0.3, -0.25) is 10.1 Å². The normalized spacial score (nSPS) is 23.0. The number of aryl methyl sites for hydroxylation is 1.